The van der Waals surface area contributed by atoms with E-state index < -0.39 is 26.9 Å². The summed E-state index contributed by atoms with van der Waals surface area (Å²) < 4.78 is 48.9. The Kier molecular flexibility index (Phi) is 6.81. The van der Waals surface area contributed by atoms with Crippen molar-refractivity contribution in [3.8, 4) is 11.4 Å². The third-order valence-electron chi connectivity index (χ3n) is 6.45. The van der Waals surface area contributed by atoms with Crippen LogP contribution in [-0.4, -0.2) is 36.1 Å². The van der Waals surface area contributed by atoms with E-state index in [1.165, 1.54) is 18.4 Å². The Bertz CT molecular complexity index is 1370. The van der Waals surface area contributed by atoms with Crippen LogP contribution in [0, 0.1) is 5.82 Å². The normalized spacial score (nSPS) is 15.8. The molecule has 0 fully saturated rings. The Morgan fingerprint density at radius 1 is 1.09 bits per heavy atom. The van der Waals surface area contributed by atoms with Crippen molar-refractivity contribution in [2.24, 2.45) is 0 Å². The van der Waals surface area contributed by atoms with E-state index in [0.29, 0.717) is 12.2 Å². The number of ether oxygens (including phenoxy) is 1. The molecule has 0 saturated heterocycles. The monoisotopic (exact) mass is 497 g/mol. The van der Waals surface area contributed by atoms with E-state index in [1.807, 2.05) is 62.4 Å². The number of aromatic nitrogens is 2. The van der Waals surface area contributed by atoms with E-state index in [0.717, 1.165) is 22.2 Å². The van der Waals surface area contributed by atoms with Gasteiger partial charge in [-0.15, -0.1) is 9.53 Å². The average molecular weight is 498 g/mol. The molecule has 0 bridgehead atoms. The maximum absolute atomic E-state index is 13.4. The Labute approximate surface area is 205 Å². The van der Waals surface area contributed by atoms with Gasteiger partial charge in [0, 0.05) is 11.6 Å². The predicted molar refractivity (Wildman–Crippen MR) is 140 cm³/mol. The minimum Gasteiger partial charge on any atom is -0.484 e. The van der Waals surface area contributed by atoms with Gasteiger partial charge in [-0.1, -0.05) is 37.3 Å². The summed E-state index contributed by atoms with van der Waals surface area (Å²) in [7, 11) is -4.09. The van der Waals surface area contributed by atoms with Crippen LogP contribution in [0.4, 0.5) is 4.39 Å². The van der Waals surface area contributed by atoms with Crippen molar-refractivity contribution in [1.82, 2.24) is 14.5 Å². The lowest BCUT2D eigenvalue weighted by Crippen LogP contribution is -2.58. The van der Waals surface area contributed by atoms with Crippen molar-refractivity contribution in [1.29, 1.82) is 0 Å². The summed E-state index contributed by atoms with van der Waals surface area (Å²) in [6.45, 7) is 5.54. The number of hydrogen-bond donors (Lipinski definition) is 2. The maximum Gasteiger partial charge on any atom is 0.140 e. The molecule has 6 nitrogen and oxygen atoms in total. The smallest absolute Gasteiger partial charge is 0.140 e. The van der Waals surface area contributed by atoms with E-state index in [4.69, 9.17) is 4.74 Å². The van der Waals surface area contributed by atoms with Gasteiger partial charge in [-0.2, -0.15) is 9.31 Å². The van der Waals surface area contributed by atoms with E-state index in [1.54, 1.807) is 29.9 Å². The lowest BCUT2D eigenvalue weighted by Gasteiger charge is -2.47. The molecule has 3 aromatic carbocycles. The minimum absolute atomic E-state index is 0.301. The van der Waals surface area contributed by atoms with Crippen LogP contribution in [0.1, 0.15) is 38.9 Å². The first kappa shape index (κ1) is 25.0. The molecule has 35 heavy (non-hydrogen) atoms. The van der Waals surface area contributed by atoms with Crippen molar-refractivity contribution in [3.05, 3.63) is 90.4 Å². The van der Waals surface area contributed by atoms with Gasteiger partial charge in [-0.25, -0.2) is 13.8 Å². The molecule has 4 aromatic rings. The van der Waals surface area contributed by atoms with E-state index in [9.17, 15) is 13.2 Å². The number of nitrogens with zero attached hydrogens (tertiary/aromatic N) is 2. The van der Waals surface area contributed by atoms with Crippen LogP contribution in [0.2, 0.25) is 0 Å². The van der Waals surface area contributed by atoms with Crippen LogP contribution in [0.3, 0.4) is 0 Å². The lowest BCUT2D eigenvalue weighted by molar-refractivity contribution is 0.171. The van der Waals surface area contributed by atoms with E-state index in [-0.39, 0.29) is 5.82 Å². The van der Waals surface area contributed by atoms with Crippen molar-refractivity contribution < 1.29 is 17.9 Å². The third-order valence-corrected chi connectivity index (χ3v) is 9.63. The van der Waals surface area contributed by atoms with Crippen molar-refractivity contribution in [2.75, 3.05) is 6.26 Å². The molecule has 3 atom stereocenters. The average Bonchev–Trinajstić information content (AvgIpc) is 3.25. The Morgan fingerprint density at radius 2 is 1.77 bits per heavy atom. The highest BCUT2D eigenvalue weighted by Crippen LogP contribution is 2.31. The number of rotatable bonds is 9. The van der Waals surface area contributed by atoms with Gasteiger partial charge in [0.25, 0.3) is 0 Å². The van der Waals surface area contributed by atoms with Crippen LogP contribution in [0.5, 0.6) is 5.75 Å². The molecule has 1 aromatic heterocycles. The molecule has 2 N–H and O–H groups in total. The first-order valence-corrected chi connectivity index (χ1v) is 14.1. The zero-order valence-electron chi connectivity index (χ0n) is 20.4. The molecule has 0 amide bonds. The number of hydrogen-bond acceptors (Lipinski definition) is 3. The largest absolute Gasteiger partial charge is 0.484 e. The highest BCUT2D eigenvalue weighted by molar-refractivity contribution is 8.13. The van der Waals surface area contributed by atoms with Crippen LogP contribution >= 0.6 is 0 Å². The Hall–Kier alpha value is -3.07. The second-order valence-electron chi connectivity index (χ2n) is 9.19. The molecule has 4 rings (SSSR count). The maximum atomic E-state index is 13.4. The molecule has 1 unspecified atom stereocenters. The number of benzene rings is 3. The molecule has 0 aliphatic rings. The Balaban J connectivity index is 1.65. The quantitative estimate of drug-likeness (QED) is 0.302. The third kappa shape index (κ3) is 5.45. The van der Waals surface area contributed by atoms with Crippen molar-refractivity contribution in [2.45, 2.75) is 44.6 Å². The second-order valence-corrected chi connectivity index (χ2v) is 12.9. The van der Waals surface area contributed by atoms with Crippen LogP contribution in [0.25, 0.3) is 16.6 Å². The van der Waals surface area contributed by atoms with Gasteiger partial charge in [0.05, 0.1) is 28.7 Å². The molecule has 1 heterocycles. The zero-order chi connectivity index (χ0) is 25.2. The number of halogens is 1. The molecular formula is C27H32FN3O3S. The summed E-state index contributed by atoms with van der Waals surface area (Å²) in [5, 5.41) is 4.89. The standard InChI is InChI=1S/C27H32FN3O3S/c1-5-19(2)35(4,32,33)30-20(3)27(21-9-7-6-8-10-21)34-25-15-16-26-22(17-25)18-29-31(26)24-13-11-23(28)12-14-24/h6-20,27H,5H2,1-4H3,(H2,30,32,33)/t19?,20-,27-/m0/s1. The van der Waals surface area contributed by atoms with Gasteiger partial charge in [0.1, 0.15) is 17.7 Å². The van der Waals surface area contributed by atoms with Gasteiger partial charge in [-0.05, 0) is 68.3 Å². The van der Waals surface area contributed by atoms with Crippen molar-refractivity contribution >= 4 is 20.4 Å². The van der Waals surface area contributed by atoms with Crippen LogP contribution in [0.15, 0.2) is 79.0 Å². The summed E-state index contributed by atoms with van der Waals surface area (Å²) in [4.78, 5) is 0. The fourth-order valence-electron chi connectivity index (χ4n) is 4.14. The van der Waals surface area contributed by atoms with Gasteiger partial charge in [-0.3, -0.25) is 4.55 Å². The zero-order valence-corrected chi connectivity index (χ0v) is 21.2. The molecule has 8 heteroatoms. The highest BCUT2D eigenvalue weighted by atomic mass is 32.3. The molecule has 0 saturated carbocycles. The SMILES string of the molecule is CCC(C)S(C)(=O)(O)N[C@@H](C)[C@H](Oc1ccc2c(cnn2-c2ccc(F)cc2)c1)c1ccccc1. The first-order valence-electron chi connectivity index (χ1n) is 11.7. The first-order chi connectivity index (χ1) is 16.6. The lowest BCUT2D eigenvalue weighted by atomic mass is 10.0. The summed E-state index contributed by atoms with van der Waals surface area (Å²) >= 11 is 0. The molecule has 0 radical (unpaired) electrons. The minimum atomic E-state index is -4.09. The molecule has 0 aliphatic heterocycles. The number of nitrogens with one attached hydrogen (secondary N) is 1. The van der Waals surface area contributed by atoms with Gasteiger partial charge in [0.15, 0.2) is 0 Å². The predicted octanol–water partition coefficient (Wildman–Crippen LogP) is 5.90. The summed E-state index contributed by atoms with van der Waals surface area (Å²) in [5.74, 6) is 0.310. The summed E-state index contributed by atoms with van der Waals surface area (Å²) in [6.07, 6.45) is 3.18. The van der Waals surface area contributed by atoms with E-state index in [2.05, 4.69) is 9.82 Å². The van der Waals surface area contributed by atoms with Crippen molar-refractivity contribution in [3.63, 3.8) is 0 Å². The van der Waals surface area contributed by atoms with Crippen LogP contribution in [-0.2, 0) is 9.53 Å². The van der Waals surface area contributed by atoms with Gasteiger partial charge < -0.3 is 4.74 Å². The molecule has 186 valence electrons. The van der Waals surface area contributed by atoms with E-state index >= 15 is 0 Å². The Morgan fingerprint density at radius 3 is 2.43 bits per heavy atom. The molecule has 0 spiro atoms. The van der Waals surface area contributed by atoms with Crippen LogP contribution < -0.4 is 9.46 Å². The highest BCUT2D eigenvalue weighted by Gasteiger charge is 2.33. The summed E-state index contributed by atoms with van der Waals surface area (Å²) in [5.41, 5.74) is 2.50. The van der Waals surface area contributed by atoms with Gasteiger partial charge in [0.2, 0.25) is 0 Å². The fraction of sp³-hybridized carbons (Fsp3) is 0.296. The second kappa shape index (κ2) is 9.53. The fourth-order valence-corrected chi connectivity index (χ4v) is 6.19. The number of fused-ring (bicyclic) bond motifs is 1. The topological polar surface area (TPSA) is 76.4 Å². The molecular weight excluding hydrogens is 465 g/mol. The van der Waals surface area contributed by atoms with Gasteiger partial charge >= 0.3 is 0 Å². The summed E-state index contributed by atoms with van der Waals surface area (Å²) in [6, 6.07) is 21.0. The molecule has 0 aliphatic carbocycles.